The zero-order valence-corrected chi connectivity index (χ0v) is 12.8. The molecule has 0 aliphatic carbocycles. The van der Waals surface area contributed by atoms with Crippen LogP contribution in [-0.2, 0) is 4.79 Å². The number of para-hydroxylation sites is 2. The molecule has 1 aliphatic rings. The first-order chi connectivity index (χ1) is 10.7. The van der Waals surface area contributed by atoms with Crippen molar-refractivity contribution in [3.05, 3.63) is 48.0 Å². The predicted octanol–water partition coefficient (Wildman–Crippen LogP) is 3.71. The fourth-order valence-electron chi connectivity index (χ4n) is 1.95. The Labute approximate surface area is 135 Å². The van der Waals surface area contributed by atoms with E-state index in [1.165, 1.54) is 11.8 Å². The van der Waals surface area contributed by atoms with Gasteiger partial charge in [0.2, 0.25) is 0 Å². The van der Waals surface area contributed by atoms with E-state index in [9.17, 15) is 4.79 Å². The number of aliphatic imine (C=N–C) groups is 1. The zero-order chi connectivity index (χ0) is 15.5. The van der Waals surface area contributed by atoms with Gasteiger partial charge in [0.15, 0.2) is 5.75 Å². The number of thioether (sulfide) groups is 1. The number of carbonyl (C=O) groups is 1. The third-order valence-electron chi connectivity index (χ3n) is 2.97. The van der Waals surface area contributed by atoms with E-state index in [2.05, 4.69) is 4.99 Å². The number of nitrogens with zero attached hydrogens (tertiary/aromatic N) is 1. The van der Waals surface area contributed by atoms with Gasteiger partial charge in [-0.25, -0.2) is 10.5 Å². The molecule has 0 saturated heterocycles. The van der Waals surface area contributed by atoms with Gasteiger partial charge in [-0.3, -0.25) is 10.0 Å². The van der Waals surface area contributed by atoms with Gasteiger partial charge in [0, 0.05) is 4.90 Å². The first-order valence-corrected chi connectivity index (χ1v) is 7.75. The third kappa shape index (κ3) is 3.09. The highest BCUT2D eigenvalue weighted by Crippen LogP contribution is 2.39. The van der Waals surface area contributed by atoms with Gasteiger partial charge >= 0.3 is 0 Å². The van der Waals surface area contributed by atoms with Crippen LogP contribution >= 0.6 is 23.4 Å². The van der Waals surface area contributed by atoms with Crippen LogP contribution in [0.1, 0.15) is 5.56 Å². The Morgan fingerprint density at radius 3 is 2.91 bits per heavy atom. The first kappa shape index (κ1) is 14.9. The second-order valence-electron chi connectivity index (χ2n) is 4.45. The van der Waals surface area contributed by atoms with Crippen LogP contribution in [0.3, 0.4) is 0 Å². The highest BCUT2D eigenvalue weighted by atomic mass is 35.5. The van der Waals surface area contributed by atoms with E-state index in [0.717, 1.165) is 4.90 Å². The SMILES string of the molecule is O=C(CSc1ccc2c(c1)C(Cl)=Nc1ccccc1O2)NO. The summed E-state index contributed by atoms with van der Waals surface area (Å²) in [5.41, 5.74) is 2.92. The van der Waals surface area contributed by atoms with Crippen molar-refractivity contribution in [1.29, 1.82) is 0 Å². The van der Waals surface area contributed by atoms with E-state index in [0.29, 0.717) is 27.9 Å². The number of rotatable bonds is 3. The molecule has 5 nitrogen and oxygen atoms in total. The molecule has 0 spiro atoms. The molecule has 0 unspecified atom stereocenters. The molecule has 1 heterocycles. The number of nitrogens with one attached hydrogen (secondary N) is 1. The first-order valence-electron chi connectivity index (χ1n) is 6.38. The number of fused-ring (bicyclic) bond motifs is 2. The monoisotopic (exact) mass is 334 g/mol. The summed E-state index contributed by atoms with van der Waals surface area (Å²) in [6.45, 7) is 0. The van der Waals surface area contributed by atoms with Gasteiger partial charge in [-0.15, -0.1) is 11.8 Å². The summed E-state index contributed by atoms with van der Waals surface area (Å²) in [5.74, 6) is 0.878. The highest BCUT2D eigenvalue weighted by molar-refractivity contribution is 8.00. The number of carbonyl (C=O) groups excluding carboxylic acids is 1. The Morgan fingerprint density at radius 1 is 1.27 bits per heavy atom. The molecule has 22 heavy (non-hydrogen) atoms. The lowest BCUT2D eigenvalue weighted by Gasteiger charge is -2.09. The Morgan fingerprint density at radius 2 is 2.09 bits per heavy atom. The van der Waals surface area contributed by atoms with Crippen LogP contribution in [0.4, 0.5) is 5.69 Å². The van der Waals surface area contributed by atoms with E-state index < -0.39 is 5.91 Å². The van der Waals surface area contributed by atoms with E-state index in [-0.39, 0.29) is 5.75 Å². The van der Waals surface area contributed by atoms with Gasteiger partial charge in [-0.1, -0.05) is 23.7 Å². The summed E-state index contributed by atoms with van der Waals surface area (Å²) < 4.78 is 5.85. The summed E-state index contributed by atoms with van der Waals surface area (Å²) in [6, 6.07) is 12.8. The zero-order valence-electron chi connectivity index (χ0n) is 11.2. The molecule has 7 heteroatoms. The van der Waals surface area contributed by atoms with Crippen molar-refractivity contribution in [2.45, 2.75) is 4.90 Å². The topological polar surface area (TPSA) is 70.9 Å². The summed E-state index contributed by atoms with van der Waals surface area (Å²) >= 11 is 7.56. The Hall–Kier alpha value is -2.02. The second-order valence-corrected chi connectivity index (χ2v) is 5.86. The number of amides is 1. The van der Waals surface area contributed by atoms with Gasteiger partial charge in [0.1, 0.15) is 16.6 Å². The molecule has 0 saturated carbocycles. The summed E-state index contributed by atoms with van der Waals surface area (Å²) in [7, 11) is 0. The smallest absolute Gasteiger partial charge is 0.253 e. The highest BCUT2D eigenvalue weighted by Gasteiger charge is 2.17. The van der Waals surface area contributed by atoms with Crippen molar-refractivity contribution >= 4 is 40.1 Å². The lowest BCUT2D eigenvalue weighted by atomic mass is 10.2. The molecule has 1 amide bonds. The molecule has 112 valence electrons. The van der Waals surface area contributed by atoms with E-state index in [1.807, 2.05) is 36.4 Å². The van der Waals surface area contributed by atoms with Crippen molar-refractivity contribution in [3.63, 3.8) is 0 Å². The standard InChI is InChI=1S/C15H11ClN2O3S/c16-15-10-7-9(22-8-14(19)18-20)5-6-12(10)21-13-4-2-1-3-11(13)17-15/h1-7,20H,8H2,(H,18,19). The van der Waals surface area contributed by atoms with Crippen LogP contribution in [0.5, 0.6) is 11.5 Å². The van der Waals surface area contributed by atoms with E-state index in [1.54, 1.807) is 11.5 Å². The maximum absolute atomic E-state index is 11.1. The fraction of sp³-hybridized carbons (Fsp3) is 0.0667. The van der Waals surface area contributed by atoms with Crippen molar-refractivity contribution in [3.8, 4) is 11.5 Å². The van der Waals surface area contributed by atoms with Crippen LogP contribution in [-0.4, -0.2) is 22.0 Å². The lowest BCUT2D eigenvalue weighted by molar-refractivity contribution is -0.126. The third-order valence-corrected chi connectivity index (χ3v) is 4.25. The Kier molecular flexibility index (Phi) is 4.33. The molecule has 2 aromatic carbocycles. The van der Waals surface area contributed by atoms with E-state index in [4.69, 9.17) is 21.5 Å². The second kappa shape index (κ2) is 6.39. The van der Waals surface area contributed by atoms with Crippen LogP contribution < -0.4 is 10.2 Å². The van der Waals surface area contributed by atoms with Gasteiger partial charge in [0.05, 0.1) is 11.3 Å². The largest absolute Gasteiger partial charge is 0.454 e. The Balaban J connectivity index is 1.92. The minimum atomic E-state index is -0.469. The molecule has 2 N–H and O–H groups in total. The molecule has 0 aromatic heterocycles. The predicted molar refractivity (Wildman–Crippen MR) is 85.7 cm³/mol. The molecule has 0 bridgehead atoms. The minimum Gasteiger partial charge on any atom is -0.454 e. The van der Waals surface area contributed by atoms with Crippen molar-refractivity contribution in [1.82, 2.24) is 5.48 Å². The summed E-state index contributed by atoms with van der Waals surface area (Å²) in [5, 5.41) is 8.84. The number of benzene rings is 2. The quantitative estimate of drug-likeness (QED) is 0.510. The number of halogens is 1. The maximum atomic E-state index is 11.1. The average molecular weight is 335 g/mol. The molecule has 3 rings (SSSR count). The maximum Gasteiger partial charge on any atom is 0.253 e. The van der Waals surface area contributed by atoms with Gasteiger partial charge in [-0.2, -0.15) is 0 Å². The molecule has 0 fully saturated rings. The van der Waals surface area contributed by atoms with Gasteiger partial charge in [0.25, 0.3) is 5.91 Å². The number of hydrogen-bond acceptors (Lipinski definition) is 5. The van der Waals surface area contributed by atoms with Crippen molar-refractivity contribution < 1.29 is 14.7 Å². The number of hydrogen-bond donors (Lipinski definition) is 2. The minimum absolute atomic E-state index is 0.102. The fourth-order valence-corrected chi connectivity index (χ4v) is 2.92. The molecule has 1 aliphatic heterocycles. The Bertz CT molecular complexity index is 764. The van der Waals surface area contributed by atoms with Crippen LogP contribution in [0.25, 0.3) is 0 Å². The van der Waals surface area contributed by atoms with Crippen LogP contribution in [0.15, 0.2) is 52.4 Å². The molecule has 2 aromatic rings. The summed E-state index contributed by atoms with van der Waals surface area (Å²) in [4.78, 5) is 16.3. The normalized spacial score (nSPS) is 12.4. The molecule has 0 radical (unpaired) electrons. The van der Waals surface area contributed by atoms with Crippen LogP contribution in [0, 0.1) is 0 Å². The van der Waals surface area contributed by atoms with E-state index >= 15 is 0 Å². The van der Waals surface area contributed by atoms with Crippen molar-refractivity contribution in [2.75, 3.05) is 5.75 Å². The lowest BCUT2D eigenvalue weighted by Crippen LogP contribution is -2.20. The number of hydroxylamine groups is 1. The number of ether oxygens (including phenoxy) is 1. The van der Waals surface area contributed by atoms with Crippen LogP contribution in [0.2, 0.25) is 0 Å². The van der Waals surface area contributed by atoms with Crippen molar-refractivity contribution in [2.24, 2.45) is 4.99 Å². The molecule has 0 atom stereocenters. The van der Waals surface area contributed by atoms with Gasteiger partial charge < -0.3 is 4.74 Å². The molecular formula is C15H11ClN2O3S. The summed E-state index contributed by atoms with van der Waals surface area (Å²) in [6.07, 6.45) is 0. The van der Waals surface area contributed by atoms with Gasteiger partial charge in [-0.05, 0) is 30.3 Å². The average Bonchev–Trinajstić information content (AvgIpc) is 2.68. The molecular weight excluding hydrogens is 324 g/mol.